The lowest BCUT2D eigenvalue weighted by molar-refractivity contribution is 0.561. The summed E-state index contributed by atoms with van der Waals surface area (Å²) in [6.07, 6.45) is 3.66. The van der Waals surface area contributed by atoms with Gasteiger partial charge in [0.1, 0.15) is 0 Å². The minimum Gasteiger partial charge on any atom is -0.330 e. The number of benzene rings is 1. The molecule has 0 saturated heterocycles. The first-order chi connectivity index (χ1) is 6.31. The fraction of sp³-hybridized carbons (Fsp3) is 0.455. The summed E-state index contributed by atoms with van der Waals surface area (Å²) in [4.78, 5) is 0. The van der Waals surface area contributed by atoms with Gasteiger partial charge in [-0.2, -0.15) is 0 Å². The van der Waals surface area contributed by atoms with Gasteiger partial charge >= 0.3 is 0 Å². The van der Waals surface area contributed by atoms with Crippen LogP contribution in [-0.4, -0.2) is 6.54 Å². The lowest BCUT2D eigenvalue weighted by Crippen LogP contribution is -2.18. The predicted octanol–water partition coefficient (Wildman–Crippen LogP) is 2.72. The molecule has 0 bridgehead atoms. The summed E-state index contributed by atoms with van der Waals surface area (Å²) in [6, 6.07) is 6.19. The molecular weight excluding hydrogens is 182 g/mol. The SMILES string of the molecule is NC[C@H]1CCCc2ccc(Cl)cc21. The second-order valence-corrected chi connectivity index (χ2v) is 4.10. The average Bonchev–Trinajstić information content (AvgIpc) is 2.17. The summed E-state index contributed by atoms with van der Waals surface area (Å²) in [7, 11) is 0. The number of rotatable bonds is 1. The largest absolute Gasteiger partial charge is 0.330 e. The summed E-state index contributed by atoms with van der Waals surface area (Å²) >= 11 is 5.96. The van der Waals surface area contributed by atoms with Gasteiger partial charge in [-0.3, -0.25) is 0 Å². The molecule has 0 fully saturated rings. The highest BCUT2D eigenvalue weighted by Gasteiger charge is 2.18. The van der Waals surface area contributed by atoms with Crippen molar-refractivity contribution in [1.29, 1.82) is 0 Å². The molecule has 1 aromatic rings. The molecule has 0 aromatic heterocycles. The van der Waals surface area contributed by atoms with Gasteiger partial charge in [-0.25, -0.2) is 0 Å². The molecule has 0 spiro atoms. The topological polar surface area (TPSA) is 26.0 Å². The van der Waals surface area contributed by atoms with Crippen molar-refractivity contribution >= 4 is 11.6 Å². The lowest BCUT2D eigenvalue weighted by Gasteiger charge is -2.24. The number of halogens is 1. The van der Waals surface area contributed by atoms with Crippen LogP contribution in [0.25, 0.3) is 0 Å². The van der Waals surface area contributed by atoms with E-state index in [1.165, 1.54) is 30.4 Å². The Hall–Kier alpha value is -0.530. The summed E-state index contributed by atoms with van der Waals surface area (Å²) in [5, 5.41) is 0.833. The van der Waals surface area contributed by atoms with E-state index < -0.39 is 0 Å². The quantitative estimate of drug-likeness (QED) is 0.733. The monoisotopic (exact) mass is 195 g/mol. The third-order valence-electron chi connectivity index (χ3n) is 2.83. The zero-order valence-corrected chi connectivity index (χ0v) is 8.35. The van der Waals surface area contributed by atoms with Crippen LogP contribution in [0.15, 0.2) is 18.2 Å². The van der Waals surface area contributed by atoms with Crippen LogP contribution in [-0.2, 0) is 6.42 Å². The number of nitrogens with two attached hydrogens (primary N) is 1. The molecule has 1 aromatic carbocycles. The Morgan fingerprint density at radius 2 is 2.31 bits per heavy atom. The van der Waals surface area contributed by atoms with Gasteiger partial charge in [0, 0.05) is 5.02 Å². The smallest absolute Gasteiger partial charge is 0.0409 e. The number of fused-ring (bicyclic) bond motifs is 1. The molecule has 0 radical (unpaired) electrons. The highest BCUT2D eigenvalue weighted by atomic mass is 35.5. The average molecular weight is 196 g/mol. The van der Waals surface area contributed by atoms with Crippen LogP contribution in [0.3, 0.4) is 0 Å². The van der Waals surface area contributed by atoms with E-state index >= 15 is 0 Å². The lowest BCUT2D eigenvalue weighted by atomic mass is 9.83. The maximum atomic E-state index is 5.96. The molecule has 0 saturated carbocycles. The van der Waals surface area contributed by atoms with Crippen molar-refractivity contribution < 1.29 is 0 Å². The van der Waals surface area contributed by atoms with Gasteiger partial charge < -0.3 is 5.73 Å². The highest BCUT2D eigenvalue weighted by molar-refractivity contribution is 6.30. The van der Waals surface area contributed by atoms with Gasteiger partial charge in [0.15, 0.2) is 0 Å². The Kier molecular flexibility index (Phi) is 2.56. The first-order valence-corrected chi connectivity index (χ1v) is 5.17. The summed E-state index contributed by atoms with van der Waals surface area (Å²) in [6.45, 7) is 0.743. The van der Waals surface area contributed by atoms with Crippen molar-refractivity contribution in [2.75, 3.05) is 6.54 Å². The molecule has 0 aliphatic heterocycles. The summed E-state index contributed by atoms with van der Waals surface area (Å²) in [5.41, 5.74) is 8.54. The third kappa shape index (κ3) is 1.72. The van der Waals surface area contributed by atoms with Crippen LogP contribution in [0.1, 0.15) is 29.9 Å². The van der Waals surface area contributed by atoms with E-state index in [0.29, 0.717) is 5.92 Å². The highest BCUT2D eigenvalue weighted by Crippen LogP contribution is 2.32. The van der Waals surface area contributed by atoms with Crippen LogP contribution in [0.4, 0.5) is 0 Å². The van der Waals surface area contributed by atoms with Crippen LogP contribution < -0.4 is 5.73 Å². The fourth-order valence-corrected chi connectivity index (χ4v) is 2.29. The Balaban J connectivity index is 2.41. The second-order valence-electron chi connectivity index (χ2n) is 3.67. The molecule has 1 aliphatic carbocycles. The van der Waals surface area contributed by atoms with Crippen LogP contribution in [0.5, 0.6) is 0 Å². The molecule has 2 rings (SSSR count). The van der Waals surface area contributed by atoms with Crippen LogP contribution >= 0.6 is 11.6 Å². The minimum absolute atomic E-state index is 0.530. The number of hydrogen-bond donors (Lipinski definition) is 1. The molecule has 0 amide bonds. The minimum atomic E-state index is 0.530. The van der Waals surface area contributed by atoms with Gasteiger partial charge in [0.25, 0.3) is 0 Å². The van der Waals surface area contributed by atoms with Crippen molar-refractivity contribution in [1.82, 2.24) is 0 Å². The Labute approximate surface area is 83.9 Å². The van der Waals surface area contributed by atoms with Crippen LogP contribution in [0.2, 0.25) is 5.02 Å². The van der Waals surface area contributed by atoms with E-state index in [4.69, 9.17) is 17.3 Å². The molecule has 70 valence electrons. The van der Waals surface area contributed by atoms with Gasteiger partial charge in [0.05, 0.1) is 0 Å². The zero-order chi connectivity index (χ0) is 9.26. The Morgan fingerprint density at radius 3 is 3.08 bits per heavy atom. The maximum absolute atomic E-state index is 5.96. The normalized spacial score (nSPS) is 21.2. The second kappa shape index (κ2) is 3.69. The molecule has 2 heteroatoms. The molecule has 0 heterocycles. The van der Waals surface area contributed by atoms with E-state index in [9.17, 15) is 0 Å². The van der Waals surface area contributed by atoms with Gasteiger partial charge in [0.2, 0.25) is 0 Å². The van der Waals surface area contributed by atoms with E-state index in [1.54, 1.807) is 0 Å². The number of hydrogen-bond acceptors (Lipinski definition) is 1. The summed E-state index contributed by atoms with van der Waals surface area (Å²) in [5.74, 6) is 0.530. The van der Waals surface area contributed by atoms with Gasteiger partial charge in [-0.1, -0.05) is 17.7 Å². The molecule has 1 atom stereocenters. The van der Waals surface area contributed by atoms with Crippen molar-refractivity contribution in [2.45, 2.75) is 25.2 Å². The first kappa shape index (κ1) is 9.04. The van der Waals surface area contributed by atoms with Crippen LogP contribution in [0, 0.1) is 0 Å². The zero-order valence-electron chi connectivity index (χ0n) is 7.59. The van der Waals surface area contributed by atoms with E-state index in [1.807, 2.05) is 6.07 Å². The van der Waals surface area contributed by atoms with E-state index in [2.05, 4.69) is 12.1 Å². The van der Waals surface area contributed by atoms with Crippen molar-refractivity contribution in [3.8, 4) is 0 Å². The molecular formula is C11H14ClN. The number of aryl methyl sites for hydroxylation is 1. The maximum Gasteiger partial charge on any atom is 0.0409 e. The standard InChI is InChI=1S/C11H14ClN/c12-10-5-4-8-2-1-3-9(7-13)11(8)6-10/h4-6,9H,1-3,7,13H2/t9-/m1/s1. The van der Waals surface area contributed by atoms with Crippen molar-refractivity contribution in [2.24, 2.45) is 5.73 Å². The molecule has 1 nitrogen and oxygen atoms in total. The Bertz CT molecular complexity index is 309. The molecule has 2 N–H and O–H groups in total. The van der Waals surface area contributed by atoms with E-state index in [-0.39, 0.29) is 0 Å². The summed E-state index contributed by atoms with van der Waals surface area (Å²) < 4.78 is 0. The Morgan fingerprint density at radius 1 is 1.46 bits per heavy atom. The fourth-order valence-electron chi connectivity index (χ4n) is 2.11. The third-order valence-corrected chi connectivity index (χ3v) is 3.07. The molecule has 1 aliphatic rings. The van der Waals surface area contributed by atoms with E-state index in [0.717, 1.165) is 11.6 Å². The predicted molar refractivity (Wildman–Crippen MR) is 56.2 cm³/mol. The first-order valence-electron chi connectivity index (χ1n) is 4.79. The molecule has 0 unspecified atom stereocenters. The van der Waals surface area contributed by atoms with Gasteiger partial charge in [-0.05, 0) is 55.0 Å². The van der Waals surface area contributed by atoms with Crippen molar-refractivity contribution in [3.05, 3.63) is 34.3 Å². The van der Waals surface area contributed by atoms with Gasteiger partial charge in [-0.15, -0.1) is 0 Å². The van der Waals surface area contributed by atoms with Crippen molar-refractivity contribution in [3.63, 3.8) is 0 Å². The molecule has 13 heavy (non-hydrogen) atoms.